The first-order chi connectivity index (χ1) is 9.20. The topological polar surface area (TPSA) is 43.3 Å². The zero-order valence-corrected chi connectivity index (χ0v) is 11.9. The van der Waals surface area contributed by atoms with Gasteiger partial charge >= 0.3 is 0 Å². The van der Waals surface area contributed by atoms with E-state index >= 15 is 0 Å². The van der Waals surface area contributed by atoms with Gasteiger partial charge in [-0.1, -0.05) is 38.1 Å². The molecule has 3 aromatic rings. The number of aromatic nitrogens is 2. The molecule has 1 aromatic carbocycles. The van der Waals surface area contributed by atoms with E-state index in [0.717, 1.165) is 10.7 Å². The van der Waals surface area contributed by atoms with Gasteiger partial charge in [0.15, 0.2) is 0 Å². The summed E-state index contributed by atoms with van der Waals surface area (Å²) in [5.41, 5.74) is 9.50. The average Bonchev–Trinajstić information content (AvgIpc) is 2.99. The molecule has 0 atom stereocenters. The quantitative estimate of drug-likeness (QED) is 0.790. The number of nitrogens with zero attached hydrogens (tertiary/aromatic N) is 2. The van der Waals surface area contributed by atoms with Gasteiger partial charge in [-0.15, -0.1) is 11.3 Å². The smallest absolute Gasteiger partial charge is 0.128 e. The van der Waals surface area contributed by atoms with Gasteiger partial charge < -0.3 is 5.73 Å². The van der Waals surface area contributed by atoms with E-state index in [1.54, 1.807) is 11.3 Å². The van der Waals surface area contributed by atoms with E-state index in [2.05, 4.69) is 52.9 Å². The van der Waals surface area contributed by atoms with Crippen molar-refractivity contribution >= 4 is 16.2 Å². The number of imidazole rings is 1. The van der Waals surface area contributed by atoms with Crippen LogP contribution in [0.2, 0.25) is 0 Å². The van der Waals surface area contributed by atoms with Crippen LogP contribution in [0, 0.1) is 0 Å². The third-order valence-corrected chi connectivity index (χ3v) is 4.26. The maximum Gasteiger partial charge on any atom is 0.128 e. The largest absolute Gasteiger partial charge is 0.324 e. The SMILES string of the molecule is CC(C)c1ccc(-c2csc3cnc(CN)n23)cc1. The fourth-order valence-corrected chi connectivity index (χ4v) is 3.16. The Labute approximate surface area is 116 Å². The standard InChI is InChI=1S/C15H17N3S/c1-10(2)11-3-5-12(6-4-11)13-9-19-15-8-17-14(7-16)18(13)15/h3-6,8-10H,7,16H2,1-2H3. The van der Waals surface area contributed by atoms with E-state index in [1.165, 1.54) is 16.8 Å². The van der Waals surface area contributed by atoms with Crippen LogP contribution in [-0.2, 0) is 6.54 Å². The molecule has 0 aliphatic heterocycles. The van der Waals surface area contributed by atoms with E-state index in [9.17, 15) is 0 Å². The van der Waals surface area contributed by atoms with Gasteiger partial charge in [0.25, 0.3) is 0 Å². The lowest BCUT2D eigenvalue weighted by molar-refractivity contribution is 0.866. The average molecular weight is 271 g/mol. The summed E-state index contributed by atoms with van der Waals surface area (Å²) in [7, 11) is 0. The Bertz CT molecular complexity index is 692. The molecule has 19 heavy (non-hydrogen) atoms. The van der Waals surface area contributed by atoms with Crippen LogP contribution in [0.25, 0.3) is 16.1 Å². The van der Waals surface area contributed by atoms with Crippen LogP contribution in [0.3, 0.4) is 0 Å². The Hall–Kier alpha value is -1.65. The third-order valence-electron chi connectivity index (χ3n) is 3.39. The molecule has 0 fully saturated rings. The van der Waals surface area contributed by atoms with Crippen LogP contribution in [0.1, 0.15) is 31.2 Å². The molecular weight excluding hydrogens is 254 g/mol. The summed E-state index contributed by atoms with van der Waals surface area (Å²) in [6, 6.07) is 8.75. The Balaban J connectivity index is 2.10. The molecule has 0 amide bonds. The first-order valence-electron chi connectivity index (χ1n) is 6.45. The molecule has 98 valence electrons. The van der Waals surface area contributed by atoms with Crippen molar-refractivity contribution in [2.45, 2.75) is 26.3 Å². The first kappa shape index (κ1) is 12.4. The maximum atomic E-state index is 5.75. The molecular formula is C15H17N3S. The van der Waals surface area contributed by atoms with Crippen LogP contribution in [0.15, 0.2) is 35.8 Å². The summed E-state index contributed by atoms with van der Waals surface area (Å²) in [5, 5.41) is 2.17. The molecule has 2 N–H and O–H groups in total. The molecule has 0 radical (unpaired) electrons. The molecule has 0 saturated heterocycles. The zero-order chi connectivity index (χ0) is 13.4. The minimum absolute atomic E-state index is 0.460. The summed E-state index contributed by atoms with van der Waals surface area (Å²) in [4.78, 5) is 5.50. The van der Waals surface area contributed by atoms with E-state index in [1.807, 2.05) is 6.20 Å². The third kappa shape index (κ3) is 2.07. The van der Waals surface area contributed by atoms with Gasteiger partial charge in [0.1, 0.15) is 10.7 Å². The van der Waals surface area contributed by atoms with Crippen molar-refractivity contribution < 1.29 is 0 Å². The fraction of sp³-hybridized carbons (Fsp3) is 0.267. The second-order valence-corrected chi connectivity index (χ2v) is 5.84. The lowest BCUT2D eigenvalue weighted by atomic mass is 10.0. The molecule has 2 heterocycles. The van der Waals surface area contributed by atoms with E-state index < -0.39 is 0 Å². The van der Waals surface area contributed by atoms with Crippen molar-refractivity contribution in [1.82, 2.24) is 9.38 Å². The number of hydrogen-bond donors (Lipinski definition) is 1. The van der Waals surface area contributed by atoms with E-state index in [0.29, 0.717) is 12.5 Å². The molecule has 0 aliphatic carbocycles. The number of thiazole rings is 1. The highest BCUT2D eigenvalue weighted by Crippen LogP contribution is 2.28. The van der Waals surface area contributed by atoms with Crippen LogP contribution < -0.4 is 5.73 Å². The number of rotatable bonds is 3. The molecule has 3 nitrogen and oxygen atoms in total. The Morgan fingerprint density at radius 3 is 2.63 bits per heavy atom. The minimum Gasteiger partial charge on any atom is -0.324 e. The zero-order valence-electron chi connectivity index (χ0n) is 11.1. The molecule has 3 rings (SSSR count). The van der Waals surface area contributed by atoms with Crippen molar-refractivity contribution in [3.05, 3.63) is 47.2 Å². The second-order valence-electron chi connectivity index (χ2n) is 4.95. The summed E-state index contributed by atoms with van der Waals surface area (Å²) in [6.45, 7) is 4.88. The molecule has 0 aliphatic rings. The lowest BCUT2D eigenvalue weighted by Crippen LogP contribution is -2.02. The van der Waals surface area contributed by atoms with Gasteiger partial charge in [-0.2, -0.15) is 0 Å². The highest BCUT2D eigenvalue weighted by atomic mass is 32.1. The first-order valence-corrected chi connectivity index (χ1v) is 7.33. The van der Waals surface area contributed by atoms with Crippen molar-refractivity contribution in [2.75, 3.05) is 0 Å². The summed E-state index contributed by atoms with van der Waals surface area (Å²) in [6.07, 6.45) is 1.89. The van der Waals surface area contributed by atoms with Crippen LogP contribution in [-0.4, -0.2) is 9.38 Å². The fourth-order valence-electron chi connectivity index (χ4n) is 2.26. The Morgan fingerprint density at radius 2 is 2.00 bits per heavy atom. The second kappa shape index (κ2) is 4.79. The van der Waals surface area contributed by atoms with Crippen molar-refractivity contribution in [2.24, 2.45) is 5.73 Å². The van der Waals surface area contributed by atoms with Gasteiger partial charge in [0, 0.05) is 5.38 Å². The Kier molecular flexibility index (Phi) is 3.12. The number of hydrogen-bond acceptors (Lipinski definition) is 3. The summed E-state index contributed by atoms with van der Waals surface area (Å²) < 4.78 is 2.15. The molecule has 0 saturated carbocycles. The van der Waals surface area contributed by atoms with E-state index in [-0.39, 0.29) is 0 Å². The number of nitrogens with two attached hydrogens (primary N) is 1. The lowest BCUT2D eigenvalue weighted by Gasteiger charge is -2.07. The van der Waals surface area contributed by atoms with Crippen LogP contribution in [0.5, 0.6) is 0 Å². The highest BCUT2D eigenvalue weighted by molar-refractivity contribution is 7.15. The normalized spacial score (nSPS) is 11.6. The molecule has 0 bridgehead atoms. The van der Waals surface area contributed by atoms with Gasteiger partial charge in [0.05, 0.1) is 18.4 Å². The summed E-state index contributed by atoms with van der Waals surface area (Å²) in [5.74, 6) is 1.48. The minimum atomic E-state index is 0.460. The molecule has 4 heteroatoms. The van der Waals surface area contributed by atoms with Crippen molar-refractivity contribution in [3.8, 4) is 11.3 Å². The van der Waals surface area contributed by atoms with Gasteiger partial charge in [-0.25, -0.2) is 4.98 Å². The molecule has 0 unspecified atom stereocenters. The summed E-state index contributed by atoms with van der Waals surface area (Å²) >= 11 is 1.70. The monoisotopic (exact) mass is 271 g/mol. The van der Waals surface area contributed by atoms with Crippen molar-refractivity contribution in [1.29, 1.82) is 0 Å². The Morgan fingerprint density at radius 1 is 1.26 bits per heavy atom. The van der Waals surface area contributed by atoms with Crippen LogP contribution in [0.4, 0.5) is 0 Å². The van der Waals surface area contributed by atoms with Crippen molar-refractivity contribution in [3.63, 3.8) is 0 Å². The predicted molar refractivity (Wildman–Crippen MR) is 80.5 cm³/mol. The van der Waals surface area contributed by atoms with Gasteiger partial charge in [-0.3, -0.25) is 4.40 Å². The van der Waals surface area contributed by atoms with Crippen LogP contribution >= 0.6 is 11.3 Å². The van der Waals surface area contributed by atoms with Gasteiger partial charge in [-0.05, 0) is 17.0 Å². The number of benzene rings is 1. The molecule has 2 aromatic heterocycles. The van der Waals surface area contributed by atoms with E-state index in [4.69, 9.17) is 5.73 Å². The molecule has 0 spiro atoms. The predicted octanol–water partition coefficient (Wildman–Crippen LogP) is 3.64. The number of fused-ring (bicyclic) bond motifs is 1. The maximum absolute atomic E-state index is 5.75. The highest BCUT2D eigenvalue weighted by Gasteiger charge is 2.11. The van der Waals surface area contributed by atoms with Gasteiger partial charge in [0.2, 0.25) is 0 Å².